The van der Waals surface area contributed by atoms with Gasteiger partial charge in [-0.1, -0.05) is 18.2 Å². The molecule has 1 aromatic heterocycles. The molecule has 0 fully saturated rings. The summed E-state index contributed by atoms with van der Waals surface area (Å²) in [6, 6.07) is 9.30. The van der Waals surface area contributed by atoms with Crippen molar-refractivity contribution in [2.45, 2.75) is 13.8 Å². The summed E-state index contributed by atoms with van der Waals surface area (Å²) in [7, 11) is 0. The van der Waals surface area contributed by atoms with Crippen molar-refractivity contribution < 1.29 is 4.79 Å². The Hall–Kier alpha value is -2.49. The topological polar surface area (TPSA) is 54.4 Å². The van der Waals surface area contributed by atoms with E-state index in [4.69, 9.17) is 0 Å². The second kappa shape index (κ2) is 5.91. The van der Waals surface area contributed by atoms with Gasteiger partial charge in [0, 0.05) is 18.0 Å². The molecule has 1 N–H and O–H groups in total. The third-order valence-corrected chi connectivity index (χ3v) is 2.85. The quantitative estimate of drug-likeness (QED) is 0.674. The Balaban J connectivity index is 2.00. The Bertz CT molecular complexity index is 606. The van der Waals surface area contributed by atoms with Crippen molar-refractivity contribution in [2.75, 3.05) is 0 Å². The molecule has 4 heteroatoms. The molecule has 2 aromatic rings. The van der Waals surface area contributed by atoms with Gasteiger partial charge in [0.15, 0.2) is 0 Å². The number of pyridine rings is 1. The van der Waals surface area contributed by atoms with E-state index in [1.165, 1.54) is 11.1 Å². The van der Waals surface area contributed by atoms with Crippen molar-refractivity contribution in [3.63, 3.8) is 0 Å². The van der Waals surface area contributed by atoms with Gasteiger partial charge in [-0.3, -0.25) is 9.78 Å². The van der Waals surface area contributed by atoms with E-state index < -0.39 is 0 Å². The summed E-state index contributed by atoms with van der Waals surface area (Å²) < 4.78 is 0. The van der Waals surface area contributed by atoms with Crippen molar-refractivity contribution in [1.29, 1.82) is 0 Å². The maximum atomic E-state index is 11.7. The fraction of sp³-hybridized carbons (Fsp3) is 0.133. The fourth-order valence-corrected chi connectivity index (χ4v) is 1.58. The molecule has 0 aliphatic heterocycles. The van der Waals surface area contributed by atoms with E-state index >= 15 is 0 Å². The Labute approximate surface area is 112 Å². The SMILES string of the molecule is Cc1ccc(/C=N/NC(=O)c2ccncc2)cc1C. The van der Waals surface area contributed by atoms with Gasteiger partial charge in [0.1, 0.15) is 0 Å². The van der Waals surface area contributed by atoms with Gasteiger partial charge in [-0.15, -0.1) is 0 Å². The highest BCUT2D eigenvalue weighted by atomic mass is 16.2. The number of carbonyl (C=O) groups is 1. The van der Waals surface area contributed by atoms with Crippen molar-refractivity contribution in [3.8, 4) is 0 Å². The number of nitrogens with zero attached hydrogens (tertiary/aromatic N) is 2. The van der Waals surface area contributed by atoms with E-state index in [0.717, 1.165) is 5.56 Å². The van der Waals surface area contributed by atoms with Crippen LogP contribution in [0.25, 0.3) is 0 Å². The number of carbonyl (C=O) groups excluding carboxylic acids is 1. The van der Waals surface area contributed by atoms with Crippen LogP contribution in [0.5, 0.6) is 0 Å². The van der Waals surface area contributed by atoms with Crippen LogP contribution in [0.1, 0.15) is 27.0 Å². The molecule has 0 radical (unpaired) electrons. The van der Waals surface area contributed by atoms with Crippen LogP contribution in [0, 0.1) is 13.8 Å². The van der Waals surface area contributed by atoms with Crippen LogP contribution in [-0.2, 0) is 0 Å². The Kier molecular flexibility index (Phi) is 4.03. The third-order valence-electron chi connectivity index (χ3n) is 2.85. The summed E-state index contributed by atoms with van der Waals surface area (Å²) in [5.74, 6) is -0.248. The van der Waals surface area contributed by atoms with E-state index in [1.807, 2.05) is 25.1 Å². The number of aromatic nitrogens is 1. The summed E-state index contributed by atoms with van der Waals surface area (Å²) >= 11 is 0. The summed E-state index contributed by atoms with van der Waals surface area (Å²) in [4.78, 5) is 15.6. The molecular formula is C15H15N3O. The molecule has 96 valence electrons. The largest absolute Gasteiger partial charge is 0.271 e. The highest BCUT2D eigenvalue weighted by molar-refractivity contribution is 5.94. The number of hydrogen-bond acceptors (Lipinski definition) is 3. The first-order valence-electron chi connectivity index (χ1n) is 5.97. The number of amides is 1. The average Bonchev–Trinajstić information content (AvgIpc) is 2.43. The number of rotatable bonds is 3. The first-order valence-corrected chi connectivity index (χ1v) is 5.97. The van der Waals surface area contributed by atoms with Crippen molar-refractivity contribution >= 4 is 12.1 Å². The normalized spacial score (nSPS) is 10.6. The van der Waals surface area contributed by atoms with Crippen LogP contribution < -0.4 is 5.43 Å². The lowest BCUT2D eigenvalue weighted by Crippen LogP contribution is -2.17. The molecule has 19 heavy (non-hydrogen) atoms. The van der Waals surface area contributed by atoms with Crippen molar-refractivity contribution in [2.24, 2.45) is 5.10 Å². The van der Waals surface area contributed by atoms with Gasteiger partial charge in [-0.25, -0.2) is 5.43 Å². The molecule has 4 nitrogen and oxygen atoms in total. The Morgan fingerprint density at radius 2 is 1.89 bits per heavy atom. The summed E-state index contributed by atoms with van der Waals surface area (Å²) in [6.07, 6.45) is 4.77. The second-order valence-corrected chi connectivity index (χ2v) is 4.28. The monoisotopic (exact) mass is 253 g/mol. The minimum Gasteiger partial charge on any atom is -0.267 e. The molecule has 1 amide bonds. The number of hydrogen-bond donors (Lipinski definition) is 1. The maximum absolute atomic E-state index is 11.7. The van der Waals surface area contributed by atoms with Gasteiger partial charge >= 0.3 is 0 Å². The maximum Gasteiger partial charge on any atom is 0.271 e. The lowest BCUT2D eigenvalue weighted by atomic mass is 10.1. The minimum atomic E-state index is -0.248. The van der Waals surface area contributed by atoms with Gasteiger partial charge in [0.05, 0.1) is 6.21 Å². The number of hydrazone groups is 1. The highest BCUT2D eigenvalue weighted by Gasteiger charge is 2.01. The molecule has 0 aliphatic carbocycles. The summed E-state index contributed by atoms with van der Waals surface area (Å²) in [6.45, 7) is 4.10. The van der Waals surface area contributed by atoms with Crippen LogP contribution in [0.4, 0.5) is 0 Å². The number of nitrogens with one attached hydrogen (secondary N) is 1. The number of benzene rings is 1. The Morgan fingerprint density at radius 1 is 1.16 bits per heavy atom. The zero-order valence-corrected chi connectivity index (χ0v) is 10.9. The Morgan fingerprint density at radius 3 is 2.58 bits per heavy atom. The van der Waals surface area contributed by atoms with Gasteiger partial charge < -0.3 is 0 Å². The van der Waals surface area contributed by atoms with Crippen LogP contribution in [0.2, 0.25) is 0 Å². The van der Waals surface area contributed by atoms with Crippen LogP contribution in [0.15, 0.2) is 47.8 Å². The predicted molar refractivity (Wildman–Crippen MR) is 75.2 cm³/mol. The van der Waals surface area contributed by atoms with Crippen LogP contribution in [0.3, 0.4) is 0 Å². The first-order chi connectivity index (χ1) is 9.16. The van der Waals surface area contributed by atoms with Crippen molar-refractivity contribution in [3.05, 3.63) is 65.0 Å². The third kappa shape index (κ3) is 3.48. The molecule has 0 spiro atoms. The molecule has 0 atom stereocenters. The van der Waals surface area contributed by atoms with Gasteiger partial charge in [0.2, 0.25) is 0 Å². The molecule has 1 heterocycles. The second-order valence-electron chi connectivity index (χ2n) is 4.28. The molecule has 0 aliphatic rings. The van der Waals surface area contributed by atoms with Gasteiger partial charge in [-0.05, 0) is 42.7 Å². The zero-order valence-electron chi connectivity index (χ0n) is 10.9. The smallest absolute Gasteiger partial charge is 0.267 e. The summed E-state index contributed by atoms with van der Waals surface area (Å²) in [5.41, 5.74) is 6.41. The standard InChI is InChI=1S/C15H15N3O/c1-11-3-4-13(9-12(11)2)10-17-18-15(19)14-5-7-16-8-6-14/h3-10H,1-2H3,(H,18,19)/b17-10+. The highest BCUT2D eigenvalue weighted by Crippen LogP contribution is 2.07. The lowest BCUT2D eigenvalue weighted by Gasteiger charge is -2.01. The average molecular weight is 253 g/mol. The molecule has 0 saturated carbocycles. The van der Waals surface area contributed by atoms with E-state index in [2.05, 4.69) is 22.4 Å². The van der Waals surface area contributed by atoms with E-state index in [0.29, 0.717) is 5.56 Å². The number of aryl methyl sites for hydroxylation is 2. The van der Waals surface area contributed by atoms with E-state index in [1.54, 1.807) is 30.7 Å². The molecule has 2 rings (SSSR count). The van der Waals surface area contributed by atoms with Crippen LogP contribution in [-0.4, -0.2) is 17.1 Å². The fourth-order valence-electron chi connectivity index (χ4n) is 1.58. The van der Waals surface area contributed by atoms with Gasteiger partial charge in [0.25, 0.3) is 5.91 Å². The zero-order chi connectivity index (χ0) is 13.7. The molecular weight excluding hydrogens is 238 g/mol. The molecule has 1 aromatic carbocycles. The lowest BCUT2D eigenvalue weighted by molar-refractivity contribution is 0.0955. The molecule has 0 saturated heterocycles. The van der Waals surface area contributed by atoms with E-state index in [9.17, 15) is 4.79 Å². The summed E-state index contributed by atoms with van der Waals surface area (Å²) in [5, 5.41) is 3.94. The first kappa shape index (κ1) is 13.0. The predicted octanol–water partition coefficient (Wildman–Crippen LogP) is 2.46. The van der Waals surface area contributed by atoms with Gasteiger partial charge in [-0.2, -0.15) is 5.10 Å². The molecule has 0 unspecified atom stereocenters. The minimum absolute atomic E-state index is 0.248. The van der Waals surface area contributed by atoms with Crippen molar-refractivity contribution in [1.82, 2.24) is 10.4 Å². The van der Waals surface area contributed by atoms with E-state index in [-0.39, 0.29) is 5.91 Å². The van der Waals surface area contributed by atoms with Crippen LogP contribution >= 0.6 is 0 Å². The molecule has 0 bridgehead atoms.